The minimum absolute atomic E-state index is 0.228. The van der Waals surface area contributed by atoms with Crippen LogP contribution in [0, 0.1) is 0 Å². The van der Waals surface area contributed by atoms with Crippen LogP contribution in [0.15, 0.2) is 0 Å². The van der Waals surface area contributed by atoms with Crippen LogP contribution in [0.5, 0.6) is 0 Å². The largest absolute Gasteiger partial charge is 0.257 e. The number of alkyl halides is 4. The average Bonchev–Trinajstić information content (AvgIpc) is 2.01. The zero-order valence-electron chi connectivity index (χ0n) is 7.67. The first-order chi connectivity index (χ1) is 6.06. The summed E-state index contributed by atoms with van der Waals surface area (Å²) in [5.41, 5.74) is 0. The number of unbranched alkanes of at least 4 members (excludes halogenated alkanes) is 5. The normalized spacial score (nSPS) is 12.0. The second-order valence-electron chi connectivity index (χ2n) is 3.18. The summed E-state index contributed by atoms with van der Waals surface area (Å²) < 4.78 is 10.5. The van der Waals surface area contributed by atoms with E-state index in [0.29, 0.717) is 0 Å². The van der Waals surface area contributed by atoms with Crippen molar-refractivity contribution in [2.45, 2.75) is 49.5 Å². The maximum atomic E-state index is 12.5. The number of hydrogen-bond acceptors (Lipinski definition) is 0. The molecule has 0 saturated carbocycles. The maximum absolute atomic E-state index is 12.5. The highest BCUT2D eigenvalue weighted by Crippen LogP contribution is 2.29. The molecule has 80 valence electrons. The Morgan fingerprint density at radius 3 is 1.77 bits per heavy atom. The standard InChI is InChI=1S/C9H16Cl3F/c10-8-6-4-2-1-3-5-7-9(11,12)13/h1-8H2. The highest BCUT2D eigenvalue weighted by atomic mass is 35.5. The molecule has 13 heavy (non-hydrogen) atoms. The predicted octanol–water partition coefficient (Wildman–Crippen LogP) is 5.06. The molecule has 0 radical (unpaired) electrons. The Hall–Kier alpha value is 0.800. The first kappa shape index (κ1) is 13.8. The van der Waals surface area contributed by atoms with Crippen molar-refractivity contribution >= 4 is 34.8 Å². The molecule has 0 aromatic carbocycles. The van der Waals surface area contributed by atoms with Crippen LogP contribution in [0.3, 0.4) is 0 Å². The van der Waals surface area contributed by atoms with Gasteiger partial charge in [-0.15, -0.1) is 11.6 Å². The Balaban J connectivity index is 3.00. The molecule has 0 heterocycles. The summed E-state index contributed by atoms with van der Waals surface area (Å²) in [4.78, 5) is 0. The average molecular weight is 250 g/mol. The minimum atomic E-state index is -2.03. The Kier molecular flexibility index (Phi) is 8.64. The van der Waals surface area contributed by atoms with E-state index in [1.807, 2.05) is 0 Å². The maximum Gasteiger partial charge on any atom is 0.257 e. The molecule has 0 unspecified atom stereocenters. The molecule has 0 aromatic rings. The van der Waals surface area contributed by atoms with Crippen LogP contribution in [0.4, 0.5) is 4.39 Å². The van der Waals surface area contributed by atoms with Crippen molar-refractivity contribution in [2.75, 3.05) is 5.88 Å². The molecule has 0 rings (SSSR count). The third-order valence-corrected chi connectivity index (χ3v) is 2.49. The molecule has 0 atom stereocenters. The van der Waals surface area contributed by atoms with Crippen LogP contribution >= 0.6 is 34.8 Å². The van der Waals surface area contributed by atoms with Gasteiger partial charge in [-0.05, 0) is 12.8 Å². The lowest BCUT2D eigenvalue weighted by Crippen LogP contribution is -2.02. The SMILES string of the molecule is FC(Cl)(Cl)CCCCCCCCCl. The van der Waals surface area contributed by atoms with Crippen molar-refractivity contribution in [3.8, 4) is 0 Å². The van der Waals surface area contributed by atoms with Gasteiger partial charge < -0.3 is 0 Å². The van der Waals surface area contributed by atoms with Gasteiger partial charge >= 0.3 is 0 Å². The molecule has 0 aliphatic heterocycles. The minimum Gasteiger partial charge on any atom is -0.208 e. The highest BCUT2D eigenvalue weighted by Gasteiger charge is 2.20. The van der Waals surface area contributed by atoms with Crippen LogP contribution in [0.2, 0.25) is 0 Å². The number of halogens is 4. The van der Waals surface area contributed by atoms with Gasteiger partial charge in [-0.2, -0.15) is 0 Å². The molecule has 0 N–H and O–H groups in total. The van der Waals surface area contributed by atoms with Crippen molar-refractivity contribution < 1.29 is 4.39 Å². The molecule has 0 aliphatic carbocycles. The van der Waals surface area contributed by atoms with Gasteiger partial charge in [0.2, 0.25) is 0 Å². The lowest BCUT2D eigenvalue weighted by Gasteiger charge is -2.07. The van der Waals surface area contributed by atoms with Gasteiger partial charge in [-0.1, -0.05) is 48.9 Å². The monoisotopic (exact) mass is 248 g/mol. The number of rotatable bonds is 8. The Labute approximate surface area is 94.7 Å². The van der Waals surface area contributed by atoms with Crippen molar-refractivity contribution in [1.82, 2.24) is 0 Å². The molecule has 4 heteroatoms. The van der Waals surface area contributed by atoms with E-state index in [1.165, 1.54) is 0 Å². The molecular weight excluding hydrogens is 233 g/mol. The van der Waals surface area contributed by atoms with E-state index in [0.717, 1.165) is 44.4 Å². The fraction of sp³-hybridized carbons (Fsp3) is 1.00. The van der Waals surface area contributed by atoms with Gasteiger partial charge in [0.25, 0.3) is 4.59 Å². The van der Waals surface area contributed by atoms with E-state index in [1.54, 1.807) is 0 Å². The summed E-state index contributed by atoms with van der Waals surface area (Å²) in [6, 6.07) is 0. The fourth-order valence-corrected chi connectivity index (χ4v) is 1.58. The summed E-state index contributed by atoms with van der Waals surface area (Å²) in [7, 11) is 0. The molecule has 0 bridgehead atoms. The molecule has 0 nitrogen and oxygen atoms in total. The summed E-state index contributed by atoms with van der Waals surface area (Å²) in [5, 5.41) is 0. The first-order valence-electron chi connectivity index (χ1n) is 4.69. The predicted molar refractivity (Wildman–Crippen MR) is 58.6 cm³/mol. The van der Waals surface area contributed by atoms with E-state index in [9.17, 15) is 4.39 Å². The molecule has 0 fully saturated rings. The molecule has 0 spiro atoms. The Morgan fingerprint density at radius 2 is 1.31 bits per heavy atom. The number of hydrogen-bond donors (Lipinski definition) is 0. The van der Waals surface area contributed by atoms with Crippen LogP contribution < -0.4 is 0 Å². The lowest BCUT2D eigenvalue weighted by molar-refractivity contribution is 0.357. The summed E-state index contributed by atoms with van der Waals surface area (Å²) in [5.74, 6) is 0.733. The van der Waals surface area contributed by atoms with E-state index in [4.69, 9.17) is 34.8 Å². The van der Waals surface area contributed by atoms with Crippen molar-refractivity contribution in [1.29, 1.82) is 0 Å². The van der Waals surface area contributed by atoms with E-state index < -0.39 is 4.59 Å². The van der Waals surface area contributed by atoms with Crippen LogP contribution in [0.1, 0.15) is 44.9 Å². The summed E-state index contributed by atoms with van der Waals surface area (Å²) >= 11 is 15.9. The molecule has 0 aliphatic rings. The second kappa shape index (κ2) is 8.14. The Bertz CT molecular complexity index is 112. The highest BCUT2D eigenvalue weighted by molar-refractivity contribution is 6.47. The quantitative estimate of drug-likeness (QED) is 0.417. The topological polar surface area (TPSA) is 0 Å². The molecule has 0 amide bonds. The van der Waals surface area contributed by atoms with Crippen molar-refractivity contribution in [3.05, 3.63) is 0 Å². The van der Waals surface area contributed by atoms with Gasteiger partial charge in [0.05, 0.1) is 0 Å². The third-order valence-electron chi connectivity index (χ3n) is 1.84. The van der Waals surface area contributed by atoms with Gasteiger partial charge in [0.1, 0.15) is 0 Å². The third kappa shape index (κ3) is 12.8. The van der Waals surface area contributed by atoms with Gasteiger partial charge in [-0.25, -0.2) is 4.39 Å². The lowest BCUT2D eigenvalue weighted by atomic mass is 10.1. The summed E-state index contributed by atoms with van der Waals surface area (Å²) in [6.07, 6.45) is 6.48. The smallest absolute Gasteiger partial charge is 0.208 e. The summed E-state index contributed by atoms with van der Waals surface area (Å²) in [6.45, 7) is 0. The molecule has 0 aromatic heterocycles. The van der Waals surface area contributed by atoms with Gasteiger partial charge in [0.15, 0.2) is 0 Å². The Morgan fingerprint density at radius 1 is 0.846 bits per heavy atom. The zero-order valence-corrected chi connectivity index (χ0v) is 9.94. The van der Waals surface area contributed by atoms with Gasteiger partial charge in [0, 0.05) is 12.3 Å². The van der Waals surface area contributed by atoms with E-state index in [-0.39, 0.29) is 6.42 Å². The van der Waals surface area contributed by atoms with E-state index >= 15 is 0 Å². The fourth-order valence-electron chi connectivity index (χ4n) is 1.13. The van der Waals surface area contributed by atoms with Crippen LogP contribution in [-0.4, -0.2) is 10.5 Å². The van der Waals surface area contributed by atoms with Crippen LogP contribution in [-0.2, 0) is 0 Å². The van der Waals surface area contributed by atoms with Crippen LogP contribution in [0.25, 0.3) is 0 Å². The second-order valence-corrected chi connectivity index (χ2v) is 4.95. The molecule has 0 saturated heterocycles. The zero-order chi connectivity index (χ0) is 10.2. The van der Waals surface area contributed by atoms with Gasteiger partial charge in [-0.3, -0.25) is 0 Å². The van der Waals surface area contributed by atoms with E-state index in [2.05, 4.69) is 0 Å². The molecular formula is C9H16Cl3F. The van der Waals surface area contributed by atoms with Crippen molar-refractivity contribution in [3.63, 3.8) is 0 Å². The van der Waals surface area contributed by atoms with Crippen molar-refractivity contribution in [2.24, 2.45) is 0 Å². The first-order valence-corrected chi connectivity index (χ1v) is 5.98.